The molecule has 0 spiro atoms. The number of nitrogens with zero attached hydrogens (tertiary/aromatic N) is 2. The number of rotatable bonds is 8. The van der Waals surface area contributed by atoms with Crippen LogP contribution in [0.1, 0.15) is 48.9 Å². The molecule has 5 nitrogen and oxygen atoms in total. The summed E-state index contributed by atoms with van der Waals surface area (Å²) in [5.41, 5.74) is 12.4. The molecule has 0 aliphatic carbocycles. The van der Waals surface area contributed by atoms with Gasteiger partial charge < -0.3 is 11.5 Å². The van der Waals surface area contributed by atoms with Gasteiger partial charge in [0.05, 0.1) is 12.1 Å². The molecule has 0 radical (unpaired) electrons. The fourth-order valence-corrected chi connectivity index (χ4v) is 5.52. The lowest BCUT2D eigenvalue weighted by atomic mass is 9.86. The summed E-state index contributed by atoms with van der Waals surface area (Å²) in [7, 11) is 0. The Kier molecular flexibility index (Phi) is 8.77. The number of piperidine rings is 2. The Labute approximate surface area is 209 Å². The first-order chi connectivity index (χ1) is 17.3. The summed E-state index contributed by atoms with van der Waals surface area (Å²) in [4.78, 5) is 18.3. The van der Waals surface area contributed by atoms with E-state index >= 15 is 0 Å². The number of carbonyl (C=O) groups excluding carboxylic acids is 1. The molecule has 0 aromatic heterocycles. The van der Waals surface area contributed by atoms with E-state index in [0.29, 0.717) is 62.2 Å². The first kappa shape index (κ1) is 26.7. The SMILES string of the molecule is NCC1CCN(C(C(=O)C(c2ccc(F)c(F)c2)N2CCC(CN)CC2)c2ccc(F)c(F)c2)CC1. The van der Waals surface area contributed by atoms with Crippen molar-refractivity contribution >= 4 is 5.78 Å². The van der Waals surface area contributed by atoms with Crippen LogP contribution in [0.4, 0.5) is 17.6 Å². The van der Waals surface area contributed by atoms with Crippen LogP contribution in [0.25, 0.3) is 0 Å². The first-order valence-corrected chi connectivity index (χ1v) is 12.6. The first-order valence-electron chi connectivity index (χ1n) is 12.6. The van der Waals surface area contributed by atoms with Crippen molar-refractivity contribution in [2.45, 2.75) is 37.8 Å². The largest absolute Gasteiger partial charge is 0.330 e. The molecular formula is C27H34F4N4O. The van der Waals surface area contributed by atoms with Crippen LogP contribution in [0, 0.1) is 35.1 Å². The minimum atomic E-state index is -1.03. The molecule has 9 heteroatoms. The highest BCUT2D eigenvalue weighted by Gasteiger charge is 2.39. The molecule has 2 aliphatic heterocycles. The second-order valence-electron chi connectivity index (χ2n) is 9.98. The fraction of sp³-hybridized carbons (Fsp3) is 0.519. The zero-order chi connectivity index (χ0) is 25.8. The van der Waals surface area contributed by atoms with Crippen LogP contribution in [0.2, 0.25) is 0 Å². The minimum absolute atomic E-state index is 0.274. The zero-order valence-corrected chi connectivity index (χ0v) is 20.3. The van der Waals surface area contributed by atoms with Crippen LogP contribution in [-0.2, 0) is 4.79 Å². The van der Waals surface area contributed by atoms with Gasteiger partial charge in [-0.05, 0) is 112 Å². The maximum absolute atomic E-state index is 14.4. The van der Waals surface area contributed by atoms with Crippen LogP contribution in [-0.4, -0.2) is 54.9 Å². The molecule has 196 valence electrons. The third kappa shape index (κ3) is 5.80. The molecule has 2 unspecified atom stereocenters. The Morgan fingerprint density at radius 2 is 1.06 bits per heavy atom. The second kappa shape index (κ2) is 11.8. The smallest absolute Gasteiger partial charge is 0.176 e. The van der Waals surface area contributed by atoms with Gasteiger partial charge in [-0.25, -0.2) is 17.6 Å². The van der Waals surface area contributed by atoms with Gasteiger partial charge in [-0.2, -0.15) is 0 Å². The lowest BCUT2D eigenvalue weighted by molar-refractivity contribution is -0.131. The van der Waals surface area contributed by atoms with Gasteiger partial charge in [0, 0.05) is 0 Å². The summed E-state index contributed by atoms with van der Waals surface area (Å²) in [5.74, 6) is -3.66. The molecule has 0 bridgehead atoms. The quantitative estimate of drug-likeness (QED) is 0.531. The van der Waals surface area contributed by atoms with E-state index in [4.69, 9.17) is 11.5 Å². The predicted octanol–water partition coefficient (Wildman–Crippen LogP) is 3.94. The predicted molar refractivity (Wildman–Crippen MR) is 130 cm³/mol. The lowest BCUT2D eigenvalue weighted by Crippen LogP contribution is -2.47. The Balaban J connectivity index is 1.74. The lowest BCUT2D eigenvalue weighted by Gasteiger charge is -2.42. The third-order valence-electron chi connectivity index (χ3n) is 7.75. The van der Waals surface area contributed by atoms with Crippen molar-refractivity contribution in [2.24, 2.45) is 23.3 Å². The van der Waals surface area contributed by atoms with E-state index in [-0.39, 0.29) is 5.78 Å². The van der Waals surface area contributed by atoms with E-state index in [1.54, 1.807) is 0 Å². The zero-order valence-electron chi connectivity index (χ0n) is 20.3. The third-order valence-corrected chi connectivity index (χ3v) is 7.75. The Bertz CT molecular complexity index is 971. The van der Waals surface area contributed by atoms with Crippen molar-refractivity contribution in [1.82, 2.24) is 9.80 Å². The van der Waals surface area contributed by atoms with Crippen molar-refractivity contribution < 1.29 is 22.4 Å². The molecule has 2 heterocycles. The van der Waals surface area contributed by atoms with E-state index in [0.717, 1.165) is 49.9 Å². The summed E-state index contributed by atoms with van der Waals surface area (Å²) in [5, 5.41) is 0. The van der Waals surface area contributed by atoms with Crippen molar-refractivity contribution in [3.05, 3.63) is 70.8 Å². The van der Waals surface area contributed by atoms with Crippen LogP contribution in [0.3, 0.4) is 0 Å². The highest BCUT2D eigenvalue weighted by Crippen LogP contribution is 2.36. The van der Waals surface area contributed by atoms with Gasteiger partial charge >= 0.3 is 0 Å². The Hall–Kier alpha value is -2.33. The number of Topliss-reactive ketones (excluding diaryl/α,β-unsaturated/α-hetero) is 1. The van der Waals surface area contributed by atoms with Crippen molar-refractivity contribution in [2.75, 3.05) is 39.3 Å². The van der Waals surface area contributed by atoms with Gasteiger partial charge in [-0.15, -0.1) is 0 Å². The number of ketones is 1. The highest BCUT2D eigenvalue weighted by atomic mass is 19.2. The van der Waals surface area contributed by atoms with Crippen LogP contribution < -0.4 is 11.5 Å². The van der Waals surface area contributed by atoms with Crippen LogP contribution >= 0.6 is 0 Å². The molecule has 2 aliphatic rings. The number of benzene rings is 2. The molecule has 4 N–H and O–H groups in total. The minimum Gasteiger partial charge on any atom is -0.330 e. The molecular weight excluding hydrogens is 472 g/mol. The molecule has 2 atom stereocenters. The van der Waals surface area contributed by atoms with Crippen molar-refractivity contribution in [3.63, 3.8) is 0 Å². The van der Waals surface area contributed by atoms with E-state index in [9.17, 15) is 22.4 Å². The van der Waals surface area contributed by atoms with Crippen molar-refractivity contribution in [1.29, 1.82) is 0 Å². The van der Waals surface area contributed by atoms with E-state index in [2.05, 4.69) is 0 Å². The molecule has 2 saturated heterocycles. The average Bonchev–Trinajstić information content (AvgIpc) is 2.89. The number of likely N-dealkylation sites (tertiary alicyclic amines) is 2. The average molecular weight is 507 g/mol. The maximum Gasteiger partial charge on any atom is 0.176 e. The number of nitrogens with two attached hydrogens (primary N) is 2. The van der Waals surface area contributed by atoms with Crippen LogP contribution in [0.15, 0.2) is 36.4 Å². The molecule has 0 saturated carbocycles. The number of hydrogen-bond donors (Lipinski definition) is 2. The Morgan fingerprint density at radius 1 is 0.694 bits per heavy atom. The van der Waals surface area contributed by atoms with Gasteiger partial charge in [-0.3, -0.25) is 14.6 Å². The summed E-state index contributed by atoms with van der Waals surface area (Å²) in [6.45, 7) is 3.36. The fourth-order valence-electron chi connectivity index (χ4n) is 5.52. The summed E-state index contributed by atoms with van der Waals surface area (Å²) >= 11 is 0. The Morgan fingerprint density at radius 3 is 1.36 bits per heavy atom. The number of carbonyl (C=O) groups is 1. The van der Waals surface area contributed by atoms with E-state index in [1.807, 2.05) is 9.80 Å². The van der Waals surface area contributed by atoms with Crippen molar-refractivity contribution in [3.8, 4) is 0 Å². The molecule has 36 heavy (non-hydrogen) atoms. The van der Waals surface area contributed by atoms with Gasteiger partial charge in [0.25, 0.3) is 0 Å². The second-order valence-corrected chi connectivity index (χ2v) is 9.98. The van der Waals surface area contributed by atoms with Gasteiger partial charge in [0.15, 0.2) is 29.1 Å². The van der Waals surface area contributed by atoms with Gasteiger partial charge in [0.2, 0.25) is 0 Å². The van der Waals surface area contributed by atoms with Crippen LogP contribution in [0.5, 0.6) is 0 Å². The summed E-state index contributed by atoms with van der Waals surface area (Å²) in [6.07, 6.45) is 3.12. The summed E-state index contributed by atoms with van der Waals surface area (Å²) in [6, 6.07) is 5.30. The maximum atomic E-state index is 14.4. The van der Waals surface area contributed by atoms with E-state index in [1.165, 1.54) is 12.1 Å². The monoisotopic (exact) mass is 506 g/mol. The molecule has 2 aromatic carbocycles. The molecule has 2 fully saturated rings. The molecule has 0 amide bonds. The van der Waals surface area contributed by atoms with Gasteiger partial charge in [0.1, 0.15) is 0 Å². The summed E-state index contributed by atoms with van der Waals surface area (Å²) < 4.78 is 56.2. The standard InChI is InChI=1S/C27H34F4N4O/c28-21-3-1-19(13-23(21)30)25(34-9-5-17(15-32)6-10-34)27(36)26(20-2-4-22(29)24(31)14-20)35-11-7-18(16-33)8-12-35/h1-4,13-14,17-18,25-26H,5-12,15-16,32-33H2. The highest BCUT2D eigenvalue weighted by molar-refractivity contribution is 5.91. The molecule has 2 aromatic rings. The van der Waals surface area contributed by atoms with Gasteiger partial charge in [-0.1, -0.05) is 12.1 Å². The number of hydrogen-bond acceptors (Lipinski definition) is 5. The topological polar surface area (TPSA) is 75.6 Å². The number of halogens is 4. The molecule has 4 rings (SSSR count). The normalized spacial score (nSPS) is 20.4. The van der Waals surface area contributed by atoms with E-state index < -0.39 is 35.4 Å².